The van der Waals surface area contributed by atoms with Crippen LogP contribution in [-0.4, -0.2) is 114 Å². The average molecular weight is 549 g/mol. The van der Waals surface area contributed by atoms with Crippen molar-refractivity contribution >= 4 is 57.0 Å². The van der Waals surface area contributed by atoms with Crippen LogP contribution in [0, 0.1) is 5.82 Å². The fraction of sp³-hybridized carbons (Fsp3) is 0.400. The summed E-state index contributed by atoms with van der Waals surface area (Å²) in [5.41, 5.74) is -2.58. The Morgan fingerprint density at radius 1 is 1.02 bits per heavy atom. The van der Waals surface area contributed by atoms with Gasteiger partial charge in [0.1, 0.15) is 31.5 Å². The molecule has 10 radical (unpaired) electrons. The van der Waals surface area contributed by atoms with E-state index in [0.717, 1.165) is 0 Å². The molecule has 16 heteroatoms. The molecule has 1 atom stereocenters. The predicted molar refractivity (Wildman–Crippen MR) is 146 cm³/mol. The van der Waals surface area contributed by atoms with E-state index in [1.165, 1.54) is 30.3 Å². The van der Waals surface area contributed by atoms with Crippen molar-refractivity contribution in [2.24, 2.45) is 0 Å². The van der Waals surface area contributed by atoms with Gasteiger partial charge < -0.3 is 29.5 Å². The van der Waals surface area contributed by atoms with Gasteiger partial charge in [-0.3, -0.25) is 19.7 Å². The van der Waals surface area contributed by atoms with Crippen molar-refractivity contribution in [1.82, 2.24) is 15.1 Å². The summed E-state index contributed by atoms with van der Waals surface area (Å²) in [5, 5.41) is 18.7. The standard InChI is InChI=1S/C25H21B5FN3O7/c26-22(27)20(36)32-21(37)23(28,25(22,38)39)34-11-15-14(19(34)35)4-2-6-17(15)41-12-13-3-1-5-16(18(13)31)24(29,30)33-7-9-40-10-8-33/h1-6,38-39H,7-12H2,(H,32,36,37). The van der Waals surface area contributed by atoms with Crippen LogP contribution >= 0.6 is 0 Å². The van der Waals surface area contributed by atoms with Gasteiger partial charge in [0.2, 0.25) is 11.8 Å². The third-order valence-corrected chi connectivity index (χ3v) is 7.84. The summed E-state index contributed by atoms with van der Waals surface area (Å²) in [5.74, 6) is -7.83. The second-order valence-electron chi connectivity index (χ2n) is 10.3. The van der Waals surface area contributed by atoms with Crippen molar-refractivity contribution in [3.05, 3.63) is 64.5 Å². The number of aliphatic hydroxyl groups is 2. The van der Waals surface area contributed by atoms with Gasteiger partial charge in [-0.05, 0) is 23.0 Å². The van der Waals surface area contributed by atoms with E-state index in [2.05, 4.69) is 0 Å². The number of carbonyl (C=O) groups excluding carboxylic acids is 3. The quantitative estimate of drug-likeness (QED) is 0.211. The Kier molecular flexibility index (Phi) is 7.21. The Morgan fingerprint density at radius 2 is 1.68 bits per heavy atom. The van der Waals surface area contributed by atoms with Gasteiger partial charge in [-0.1, -0.05) is 24.3 Å². The van der Waals surface area contributed by atoms with E-state index in [1.54, 1.807) is 16.3 Å². The van der Waals surface area contributed by atoms with Gasteiger partial charge in [0.05, 0.1) is 51.1 Å². The van der Waals surface area contributed by atoms with Crippen LogP contribution in [0.15, 0.2) is 36.4 Å². The van der Waals surface area contributed by atoms with E-state index in [0.29, 0.717) is 31.2 Å². The molecule has 10 nitrogen and oxygen atoms in total. The molecule has 5 rings (SSSR count). The van der Waals surface area contributed by atoms with Gasteiger partial charge >= 0.3 is 0 Å². The molecule has 41 heavy (non-hydrogen) atoms. The molecule has 0 saturated carbocycles. The minimum Gasteiger partial charge on any atom is -0.488 e. The first kappa shape index (κ1) is 29.4. The van der Waals surface area contributed by atoms with Crippen molar-refractivity contribution in [3.63, 3.8) is 0 Å². The third-order valence-electron chi connectivity index (χ3n) is 7.84. The Labute approximate surface area is 242 Å². The molecule has 3 aliphatic rings. The summed E-state index contributed by atoms with van der Waals surface area (Å²) in [6.07, 6.45) is 0. The number of benzene rings is 2. The molecule has 1 unspecified atom stereocenters. The Balaban J connectivity index is 1.41. The molecular weight excluding hydrogens is 527 g/mol. The van der Waals surface area contributed by atoms with E-state index in [-0.39, 0.29) is 34.6 Å². The van der Waals surface area contributed by atoms with Crippen LogP contribution in [0.2, 0.25) is 5.21 Å². The molecule has 0 aromatic heterocycles. The number of nitrogens with zero attached hydrogens (tertiary/aromatic N) is 2. The van der Waals surface area contributed by atoms with E-state index >= 15 is 4.39 Å². The number of rotatable bonds is 6. The Hall–Kier alpha value is -3.06. The zero-order valence-electron chi connectivity index (χ0n) is 21.8. The second kappa shape index (κ2) is 10.0. The van der Waals surface area contributed by atoms with Crippen LogP contribution in [0.4, 0.5) is 4.39 Å². The summed E-state index contributed by atoms with van der Waals surface area (Å²) >= 11 is 0. The molecule has 3 N–H and O–H groups in total. The maximum absolute atomic E-state index is 15.6. The number of morpholine rings is 1. The highest BCUT2D eigenvalue weighted by molar-refractivity contribution is 6.55. The van der Waals surface area contributed by atoms with Crippen molar-refractivity contribution in [1.29, 1.82) is 0 Å². The molecule has 2 aromatic carbocycles. The lowest BCUT2D eigenvalue weighted by molar-refractivity contribution is -0.231. The van der Waals surface area contributed by atoms with Crippen molar-refractivity contribution in [2.45, 2.75) is 34.9 Å². The lowest BCUT2D eigenvalue weighted by Crippen LogP contribution is -2.81. The molecule has 0 spiro atoms. The number of hydrogen-bond donors (Lipinski definition) is 3. The lowest BCUT2D eigenvalue weighted by Gasteiger charge is -2.55. The third kappa shape index (κ3) is 4.34. The van der Waals surface area contributed by atoms with E-state index in [9.17, 15) is 24.6 Å². The summed E-state index contributed by atoms with van der Waals surface area (Å²) < 4.78 is 26.8. The lowest BCUT2D eigenvalue weighted by atomic mass is 9.41. The number of ether oxygens (including phenoxy) is 2. The van der Waals surface area contributed by atoms with Crippen molar-refractivity contribution < 1.29 is 38.5 Å². The molecular formula is C25H21B5FN3O7. The van der Waals surface area contributed by atoms with Gasteiger partial charge in [-0.25, -0.2) is 4.39 Å². The number of carbonyl (C=O) groups is 3. The number of nitrogens with one attached hydrogen (secondary N) is 1. The molecule has 2 saturated heterocycles. The second-order valence-corrected chi connectivity index (χ2v) is 10.3. The normalized spacial score (nSPS) is 24.2. The summed E-state index contributed by atoms with van der Waals surface area (Å²) in [7, 11) is 30.0. The van der Waals surface area contributed by atoms with Crippen molar-refractivity contribution in [2.75, 3.05) is 26.3 Å². The van der Waals surface area contributed by atoms with Crippen LogP contribution in [0.3, 0.4) is 0 Å². The number of fused-ring (bicyclic) bond motifs is 1. The van der Waals surface area contributed by atoms with Gasteiger partial charge in [0.15, 0.2) is 5.79 Å². The topological polar surface area (TPSA) is 129 Å². The molecule has 2 aromatic rings. The SMILES string of the molecule is [B]C([B])(c1cccc(COc2cccc3c2CN(C2([B])C(=O)NC(=O)C([B])([B])C2(O)O)C3=O)c1F)N1CCOCC1. The van der Waals surface area contributed by atoms with E-state index in [1.807, 2.05) is 0 Å². The molecule has 3 aliphatic heterocycles. The van der Waals surface area contributed by atoms with Gasteiger partial charge in [0.25, 0.3) is 5.91 Å². The predicted octanol–water partition coefficient (Wildman–Crippen LogP) is -2.20. The smallest absolute Gasteiger partial charge is 0.255 e. The Bertz CT molecular complexity index is 1440. The summed E-state index contributed by atoms with van der Waals surface area (Å²) in [6.45, 7) is 0.883. The monoisotopic (exact) mass is 549 g/mol. The minimum atomic E-state index is -3.57. The van der Waals surface area contributed by atoms with E-state index in [4.69, 9.17) is 48.7 Å². The highest BCUT2D eigenvalue weighted by atomic mass is 19.1. The maximum atomic E-state index is 15.6. The highest BCUT2D eigenvalue weighted by Crippen LogP contribution is 2.47. The molecule has 3 heterocycles. The molecule has 3 amide bonds. The fourth-order valence-corrected chi connectivity index (χ4v) is 5.23. The van der Waals surface area contributed by atoms with Crippen LogP contribution < -0.4 is 10.1 Å². The van der Waals surface area contributed by atoms with Gasteiger partial charge in [-0.2, -0.15) is 0 Å². The fourth-order valence-electron chi connectivity index (χ4n) is 5.23. The zero-order valence-corrected chi connectivity index (χ0v) is 21.8. The first-order valence-electron chi connectivity index (χ1n) is 12.6. The van der Waals surface area contributed by atoms with E-state index < -0.39 is 51.9 Å². The number of piperidine rings is 1. The number of amides is 3. The molecule has 2 fully saturated rings. The molecule has 0 aliphatic carbocycles. The number of halogens is 1. The number of imide groups is 1. The van der Waals surface area contributed by atoms with Crippen LogP contribution in [0.5, 0.6) is 5.75 Å². The molecule has 0 bridgehead atoms. The number of hydrogen-bond acceptors (Lipinski definition) is 8. The van der Waals surface area contributed by atoms with Crippen molar-refractivity contribution in [3.8, 4) is 5.75 Å². The van der Waals surface area contributed by atoms with Crippen LogP contribution in [-0.2, 0) is 32.8 Å². The van der Waals surface area contributed by atoms with Crippen LogP contribution in [0.25, 0.3) is 0 Å². The summed E-state index contributed by atoms with van der Waals surface area (Å²) in [6, 6.07) is 8.92. The maximum Gasteiger partial charge on any atom is 0.255 e. The Morgan fingerprint density at radius 3 is 2.37 bits per heavy atom. The zero-order chi connectivity index (χ0) is 30.0. The summed E-state index contributed by atoms with van der Waals surface area (Å²) in [4.78, 5) is 40.5. The van der Waals surface area contributed by atoms with Gasteiger partial charge in [-0.15, -0.1) is 0 Å². The van der Waals surface area contributed by atoms with Crippen LogP contribution in [0.1, 0.15) is 27.0 Å². The average Bonchev–Trinajstić information content (AvgIpc) is 3.28. The molecule has 200 valence electrons. The first-order valence-corrected chi connectivity index (χ1v) is 12.6. The first-order chi connectivity index (χ1) is 19.2. The minimum absolute atomic E-state index is 0.0111. The largest absolute Gasteiger partial charge is 0.488 e. The van der Waals surface area contributed by atoms with Gasteiger partial charge in [0, 0.05) is 35.0 Å². The highest BCUT2D eigenvalue weighted by Gasteiger charge is 2.68.